The van der Waals surface area contributed by atoms with Crippen LogP contribution in [-0.4, -0.2) is 57.8 Å². The lowest BCUT2D eigenvalue weighted by Gasteiger charge is -2.34. The molecule has 8 nitrogen and oxygen atoms in total. The van der Waals surface area contributed by atoms with Crippen LogP contribution in [-0.2, 0) is 12.7 Å². The first kappa shape index (κ1) is 17.4. The van der Waals surface area contributed by atoms with E-state index in [0.717, 1.165) is 12.4 Å². The molecule has 0 unspecified atom stereocenters. The van der Waals surface area contributed by atoms with Crippen molar-refractivity contribution in [1.82, 2.24) is 25.1 Å². The second kappa shape index (κ2) is 7.21. The molecule has 2 aromatic rings. The zero-order chi connectivity index (χ0) is 17.9. The molecule has 0 saturated carbocycles. The van der Waals surface area contributed by atoms with E-state index >= 15 is 0 Å². The normalized spacial score (nSPS) is 16.2. The number of nitrogens with one attached hydrogen (secondary N) is 1. The van der Waals surface area contributed by atoms with E-state index in [1.54, 1.807) is 6.20 Å². The number of anilines is 2. The average molecular weight is 357 g/mol. The number of rotatable bonds is 5. The summed E-state index contributed by atoms with van der Waals surface area (Å²) in [6.07, 6.45) is -2.91. The Morgan fingerprint density at radius 1 is 1.20 bits per heavy atom. The lowest BCUT2D eigenvalue weighted by atomic mass is 10.3. The van der Waals surface area contributed by atoms with Gasteiger partial charge in [-0.25, -0.2) is 4.98 Å². The fraction of sp³-hybridized carbons (Fsp3) is 0.571. The monoisotopic (exact) mass is 357 g/mol. The Bertz CT molecular complexity index is 698. The van der Waals surface area contributed by atoms with Gasteiger partial charge in [0.15, 0.2) is 0 Å². The van der Waals surface area contributed by atoms with Crippen LogP contribution in [0.15, 0.2) is 16.7 Å². The molecule has 0 radical (unpaired) electrons. The standard InChI is InChI=1S/C14H18F3N7O/c1-2-18-13-19-4-3-10(20-13)24-7-5-23(6-8-24)9-11-21-22-12(25-11)14(15,16)17/h3-4H,2,5-9H2,1H3,(H,18,19,20). The minimum Gasteiger partial charge on any atom is -0.416 e. The maximum absolute atomic E-state index is 12.5. The number of nitrogens with zero attached hydrogens (tertiary/aromatic N) is 6. The smallest absolute Gasteiger partial charge is 0.416 e. The van der Waals surface area contributed by atoms with Crippen LogP contribution in [0.1, 0.15) is 18.7 Å². The van der Waals surface area contributed by atoms with Crippen molar-refractivity contribution in [2.45, 2.75) is 19.6 Å². The lowest BCUT2D eigenvalue weighted by molar-refractivity contribution is -0.157. The Balaban J connectivity index is 1.55. The van der Waals surface area contributed by atoms with E-state index in [2.05, 4.69) is 34.8 Å². The van der Waals surface area contributed by atoms with Gasteiger partial charge in [0.2, 0.25) is 11.8 Å². The Morgan fingerprint density at radius 2 is 1.96 bits per heavy atom. The Morgan fingerprint density at radius 3 is 2.60 bits per heavy atom. The first-order valence-corrected chi connectivity index (χ1v) is 7.89. The molecule has 1 aliphatic heterocycles. The second-order valence-electron chi connectivity index (χ2n) is 5.53. The summed E-state index contributed by atoms with van der Waals surface area (Å²) in [4.78, 5) is 12.7. The van der Waals surface area contributed by atoms with Crippen LogP contribution >= 0.6 is 0 Å². The van der Waals surface area contributed by atoms with Gasteiger partial charge in [0, 0.05) is 38.9 Å². The number of hydrogen-bond acceptors (Lipinski definition) is 8. The largest absolute Gasteiger partial charge is 0.470 e. The summed E-state index contributed by atoms with van der Waals surface area (Å²) in [6.45, 7) is 5.61. The quantitative estimate of drug-likeness (QED) is 0.865. The van der Waals surface area contributed by atoms with Gasteiger partial charge in [-0.05, 0) is 13.0 Å². The predicted molar refractivity (Wildman–Crippen MR) is 83.0 cm³/mol. The fourth-order valence-electron chi connectivity index (χ4n) is 2.53. The summed E-state index contributed by atoms with van der Waals surface area (Å²) in [5.74, 6) is 0.0611. The number of aromatic nitrogens is 4. The van der Waals surface area contributed by atoms with Gasteiger partial charge in [0.05, 0.1) is 6.54 Å². The summed E-state index contributed by atoms with van der Waals surface area (Å²) < 4.78 is 42.1. The third kappa shape index (κ3) is 4.35. The zero-order valence-electron chi connectivity index (χ0n) is 13.6. The Labute approximate surface area is 142 Å². The van der Waals surface area contributed by atoms with E-state index in [0.29, 0.717) is 32.1 Å². The van der Waals surface area contributed by atoms with Crippen LogP contribution in [0.2, 0.25) is 0 Å². The van der Waals surface area contributed by atoms with Crippen molar-refractivity contribution in [1.29, 1.82) is 0 Å². The third-order valence-corrected chi connectivity index (χ3v) is 3.74. The molecule has 1 fully saturated rings. The molecule has 0 amide bonds. The maximum atomic E-state index is 12.5. The van der Waals surface area contributed by atoms with Gasteiger partial charge in [-0.2, -0.15) is 18.2 Å². The van der Waals surface area contributed by atoms with Crippen LogP contribution in [0, 0.1) is 0 Å². The summed E-state index contributed by atoms with van der Waals surface area (Å²) in [5, 5.41) is 9.57. The molecule has 0 bridgehead atoms. The zero-order valence-corrected chi connectivity index (χ0v) is 13.6. The molecular formula is C14H18F3N7O. The molecule has 0 atom stereocenters. The SMILES string of the molecule is CCNc1nccc(N2CCN(Cc3nnc(C(F)(F)F)o3)CC2)n1. The first-order valence-electron chi connectivity index (χ1n) is 7.89. The molecule has 0 aromatic carbocycles. The van der Waals surface area contributed by atoms with E-state index < -0.39 is 12.1 Å². The van der Waals surface area contributed by atoms with E-state index in [-0.39, 0.29) is 12.4 Å². The molecule has 3 heterocycles. The van der Waals surface area contributed by atoms with Crippen molar-refractivity contribution in [2.24, 2.45) is 0 Å². The van der Waals surface area contributed by atoms with Crippen LogP contribution in [0.4, 0.5) is 24.9 Å². The molecule has 0 spiro atoms. The molecule has 2 aromatic heterocycles. The molecule has 3 rings (SSSR count). The predicted octanol–water partition coefficient (Wildman–Crippen LogP) is 1.63. The Hall–Kier alpha value is -2.43. The van der Waals surface area contributed by atoms with Gasteiger partial charge in [-0.3, -0.25) is 4.90 Å². The van der Waals surface area contributed by atoms with Crippen molar-refractivity contribution < 1.29 is 17.6 Å². The highest BCUT2D eigenvalue weighted by Gasteiger charge is 2.38. The van der Waals surface area contributed by atoms with Gasteiger partial charge in [-0.15, -0.1) is 10.2 Å². The average Bonchev–Trinajstić information content (AvgIpc) is 3.05. The lowest BCUT2D eigenvalue weighted by Crippen LogP contribution is -2.46. The minimum absolute atomic E-state index is 0.0303. The van der Waals surface area contributed by atoms with Gasteiger partial charge in [0.1, 0.15) is 5.82 Å². The topological polar surface area (TPSA) is 83.2 Å². The molecule has 11 heteroatoms. The molecule has 0 aliphatic carbocycles. The van der Waals surface area contributed by atoms with Crippen molar-refractivity contribution in [2.75, 3.05) is 42.9 Å². The van der Waals surface area contributed by atoms with E-state index in [4.69, 9.17) is 0 Å². The highest BCUT2D eigenvalue weighted by Crippen LogP contribution is 2.28. The molecule has 136 valence electrons. The summed E-state index contributed by atoms with van der Waals surface area (Å²) in [7, 11) is 0. The van der Waals surface area contributed by atoms with Crippen LogP contribution in [0.25, 0.3) is 0 Å². The van der Waals surface area contributed by atoms with Gasteiger partial charge in [-0.1, -0.05) is 0 Å². The highest BCUT2D eigenvalue weighted by atomic mass is 19.4. The van der Waals surface area contributed by atoms with Crippen molar-refractivity contribution in [3.05, 3.63) is 24.0 Å². The van der Waals surface area contributed by atoms with E-state index in [9.17, 15) is 13.2 Å². The van der Waals surface area contributed by atoms with Crippen LogP contribution < -0.4 is 10.2 Å². The molecule has 1 N–H and O–H groups in total. The van der Waals surface area contributed by atoms with Crippen molar-refractivity contribution in [3.8, 4) is 0 Å². The maximum Gasteiger partial charge on any atom is 0.470 e. The number of halogens is 3. The molecule has 1 aliphatic rings. The third-order valence-electron chi connectivity index (χ3n) is 3.74. The highest BCUT2D eigenvalue weighted by molar-refractivity contribution is 5.42. The van der Waals surface area contributed by atoms with Crippen LogP contribution in [0.3, 0.4) is 0 Å². The molecule has 1 saturated heterocycles. The minimum atomic E-state index is -4.61. The first-order chi connectivity index (χ1) is 12.0. The second-order valence-corrected chi connectivity index (χ2v) is 5.53. The van der Waals surface area contributed by atoms with Crippen molar-refractivity contribution >= 4 is 11.8 Å². The number of alkyl halides is 3. The summed E-state index contributed by atoms with van der Waals surface area (Å²) in [6, 6.07) is 1.84. The number of piperazine rings is 1. The van der Waals surface area contributed by atoms with Gasteiger partial charge >= 0.3 is 12.1 Å². The Kier molecular flexibility index (Phi) is 5.02. The van der Waals surface area contributed by atoms with Crippen molar-refractivity contribution in [3.63, 3.8) is 0 Å². The van der Waals surface area contributed by atoms with E-state index in [1.807, 2.05) is 17.9 Å². The van der Waals surface area contributed by atoms with Gasteiger partial charge in [0.25, 0.3) is 0 Å². The molecule has 25 heavy (non-hydrogen) atoms. The van der Waals surface area contributed by atoms with E-state index in [1.165, 1.54) is 0 Å². The summed E-state index contributed by atoms with van der Waals surface area (Å²) >= 11 is 0. The summed E-state index contributed by atoms with van der Waals surface area (Å²) in [5.41, 5.74) is 0. The van der Waals surface area contributed by atoms with Gasteiger partial charge < -0.3 is 14.6 Å². The number of hydrogen-bond donors (Lipinski definition) is 1. The van der Waals surface area contributed by atoms with Crippen LogP contribution in [0.5, 0.6) is 0 Å². The fourth-order valence-corrected chi connectivity index (χ4v) is 2.53. The molecular weight excluding hydrogens is 339 g/mol.